The van der Waals surface area contributed by atoms with Gasteiger partial charge >= 0.3 is 5.97 Å². The molecule has 0 saturated heterocycles. The molecular formula is C14H11N3O3. The highest BCUT2D eigenvalue weighted by Gasteiger charge is 2.07. The first-order chi connectivity index (χ1) is 9.68. The first-order valence-corrected chi connectivity index (χ1v) is 5.75. The molecule has 0 aliphatic heterocycles. The second-order valence-corrected chi connectivity index (χ2v) is 3.81. The van der Waals surface area contributed by atoms with Gasteiger partial charge in [-0.15, -0.1) is 0 Å². The number of rotatable bonds is 4. The number of hydrazone groups is 1. The summed E-state index contributed by atoms with van der Waals surface area (Å²) in [5, 5.41) is 12.7. The van der Waals surface area contributed by atoms with Crippen LogP contribution >= 0.6 is 0 Å². The van der Waals surface area contributed by atoms with Gasteiger partial charge in [-0.1, -0.05) is 24.3 Å². The van der Waals surface area contributed by atoms with Gasteiger partial charge in [-0.25, -0.2) is 10.2 Å². The van der Waals surface area contributed by atoms with Crippen LogP contribution in [0.15, 0.2) is 53.8 Å². The van der Waals surface area contributed by atoms with E-state index in [1.807, 2.05) is 0 Å². The first kappa shape index (κ1) is 13.4. The number of carbonyl (C=O) groups excluding carboxylic acids is 1. The smallest absolute Gasteiger partial charge is 0.336 e. The van der Waals surface area contributed by atoms with Crippen LogP contribution in [0.3, 0.4) is 0 Å². The van der Waals surface area contributed by atoms with Gasteiger partial charge in [-0.3, -0.25) is 9.78 Å². The van der Waals surface area contributed by atoms with Gasteiger partial charge in [0.2, 0.25) is 0 Å². The summed E-state index contributed by atoms with van der Waals surface area (Å²) >= 11 is 0. The number of hydrogen-bond donors (Lipinski definition) is 2. The predicted octanol–water partition coefficient (Wildman–Crippen LogP) is 1.54. The van der Waals surface area contributed by atoms with Crippen molar-refractivity contribution in [2.45, 2.75) is 0 Å². The average Bonchev–Trinajstić information content (AvgIpc) is 2.48. The van der Waals surface area contributed by atoms with Crippen LogP contribution in [0.1, 0.15) is 26.4 Å². The van der Waals surface area contributed by atoms with Crippen LogP contribution in [0.25, 0.3) is 0 Å². The molecule has 6 nitrogen and oxygen atoms in total. The molecule has 6 heteroatoms. The first-order valence-electron chi connectivity index (χ1n) is 5.75. The average molecular weight is 269 g/mol. The van der Waals surface area contributed by atoms with Gasteiger partial charge < -0.3 is 5.11 Å². The Bertz CT molecular complexity index is 654. The van der Waals surface area contributed by atoms with Crippen molar-refractivity contribution in [1.82, 2.24) is 10.4 Å². The summed E-state index contributed by atoms with van der Waals surface area (Å²) in [5.74, 6) is -1.52. The van der Waals surface area contributed by atoms with Crippen molar-refractivity contribution in [3.63, 3.8) is 0 Å². The number of nitrogens with one attached hydrogen (secondary N) is 1. The summed E-state index contributed by atoms with van der Waals surface area (Å²) in [6.45, 7) is 0. The van der Waals surface area contributed by atoms with Crippen LogP contribution in [0.2, 0.25) is 0 Å². The van der Waals surface area contributed by atoms with Crippen molar-refractivity contribution in [3.05, 3.63) is 65.5 Å². The highest BCUT2D eigenvalue weighted by atomic mass is 16.4. The van der Waals surface area contributed by atoms with E-state index in [-0.39, 0.29) is 11.3 Å². The minimum absolute atomic E-state index is 0.114. The number of carbonyl (C=O) groups is 2. The van der Waals surface area contributed by atoms with E-state index in [9.17, 15) is 9.59 Å². The Balaban J connectivity index is 2.08. The molecule has 20 heavy (non-hydrogen) atoms. The monoisotopic (exact) mass is 269 g/mol. The number of aromatic carboxylic acids is 1. The van der Waals surface area contributed by atoms with E-state index in [1.54, 1.807) is 36.4 Å². The number of pyridine rings is 1. The number of hydrogen-bond acceptors (Lipinski definition) is 4. The van der Waals surface area contributed by atoms with Crippen LogP contribution in [-0.2, 0) is 0 Å². The quantitative estimate of drug-likeness (QED) is 0.650. The fraction of sp³-hybridized carbons (Fsp3) is 0. The fourth-order valence-corrected chi connectivity index (χ4v) is 1.52. The van der Waals surface area contributed by atoms with E-state index in [0.29, 0.717) is 5.56 Å². The number of carboxylic acids is 1. The Kier molecular flexibility index (Phi) is 4.18. The molecule has 0 radical (unpaired) electrons. The number of amides is 1. The molecule has 1 amide bonds. The molecule has 2 aromatic rings. The third kappa shape index (κ3) is 3.26. The highest BCUT2D eigenvalue weighted by molar-refractivity contribution is 5.99. The van der Waals surface area contributed by atoms with Crippen LogP contribution in [-0.4, -0.2) is 28.2 Å². The van der Waals surface area contributed by atoms with Crippen molar-refractivity contribution in [2.75, 3.05) is 0 Å². The molecule has 0 bridgehead atoms. The zero-order valence-electron chi connectivity index (χ0n) is 10.4. The summed E-state index contributed by atoms with van der Waals surface area (Å²) in [7, 11) is 0. The van der Waals surface area contributed by atoms with Gasteiger partial charge in [0.1, 0.15) is 5.69 Å². The van der Waals surface area contributed by atoms with Gasteiger partial charge in [0.15, 0.2) is 0 Å². The number of nitrogens with zero attached hydrogens (tertiary/aromatic N) is 2. The molecule has 0 aliphatic carbocycles. The maximum atomic E-state index is 11.7. The molecule has 100 valence electrons. The Morgan fingerprint density at radius 1 is 1.15 bits per heavy atom. The van der Waals surface area contributed by atoms with Crippen molar-refractivity contribution >= 4 is 18.1 Å². The fourth-order valence-electron chi connectivity index (χ4n) is 1.52. The topological polar surface area (TPSA) is 91.7 Å². The third-order valence-corrected chi connectivity index (χ3v) is 2.46. The Labute approximate surface area is 114 Å². The number of carboxylic acid groups (broad SMARTS) is 1. The van der Waals surface area contributed by atoms with Crippen molar-refractivity contribution in [3.8, 4) is 0 Å². The van der Waals surface area contributed by atoms with Gasteiger partial charge in [-0.2, -0.15) is 5.10 Å². The SMILES string of the molecule is O=C(N/N=C/c1ccccc1C(=O)O)c1ccccn1. The molecule has 2 N–H and O–H groups in total. The Morgan fingerprint density at radius 2 is 1.90 bits per heavy atom. The van der Waals surface area contributed by atoms with Crippen LogP contribution in [0, 0.1) is 0 Å². The van der Waals surface area contributed by atoms with E-state index in [0.717, 1.165) is 0 Å². The summed E-state index contributed by atoms with van der Waals surface area (Å²) in [6, 6.07) is 11.3. The summed E-state index contributed by atoms with van der Waals surface area (Å²) in [6.07, 6.45) is 2.78. The van der Waals surface area contributed by atoms with E-state index < -0.39 is 11.9 Å². The Morgan fingerprint density at radius 3 is 2.60 bits per heavy atom. The molecule has 1 heterocycles. The van der Waals surface area contributed by atoms with Crippen LogP contribution < -0.4 is 5.43 Å². The molecule has 1 aromatic heterocycles. The lowest BCUT2D eigenvalue weighted by Gasteiger charge is -2.00. The summed E-state index contributed by atoms with van der Waals surface area (Å²) in [4.78, 5) is 26.5. The predicted molar refractivity (Wildman–Crippen MR) is 72.7 cm³/mol. The number of aromatic nitrogens is 1. The lowest BCUT2D eigenvalue weighted by Crippen LogP contribution is -2.18. The molecule has 0 spiro atoms. The van der Waals surface area contributed by atoms with Crippen molar-refractivity contribution in [1.29, 1.82) is 0 Å². The minimum Gasteiger partial charge on any atom is -0.478 e. The van der Waals surface area contributed by atoms with Crippen LogP contribution in [0.5, 0.6) is 0 Å². The molecule has 2 rings (SSSR count). The maximum Gasteiger partial charge on any atom is 0.336 e. The summed E-state index contributed by atoms with van der Waals surface area (Å²) < 4.78 is 0. The lowest BCUT2D eigenvalue weighted by molar-refractivity contribution is 0.0696. The highest BCUT2D eigenvalue weighted by Crippen LogP contribution is 2.05. The minimum atomic E-state index is -1.05. The second kappa shape index (κ2) is 6.24. The Hall–Kier alpha value is -3.02. The van der Waals surface area contributed by atoms with E-state index in [1.165, 1.54) is 18.5 Å². The van der Waals surface area contributed by atoms with Crippen molar-refractivity contribution in [2.24, 2.45) is 5.10 Å². The molecule has 0 aliphatic rings. The third-order valence-electron chi connectivity index (χ3n) is 2.46. The van der Waals surface area contributed by atoms with Gasteiger partial charge in [0.25, 0.3) is 5.91 Å². The molecule has 0 saturated carbocycles. The standard InChI is InChI=1S/C14H11N3O3/c18-13(12-7-3-4-8-15-12)17-16-9-10-5-1-2-6-11(10)14(19)20/h1-9H,(H,17,18)(H,19,20)/b16-9+. The van der Waals surface area contributed by atoms with Crippen LogP contribution in [0.4, 0.5) is 0 Å². The maximum absolute atomic E-state index is 11.7. The molecule has 0 fully saturated rings. The molecule has 0 unspecified atom stereocenters. The molecule has 1 aromatic carbocycles. The zero-order chi connectivity index (χ0) is 14.4. The van der Waals surface area contributed by atoms with Gasteiger partial charge in [0.05, 0.1) is 11.8 Å². The second-order valence-electron chi connectivity index (χ2n) is 3.81. The molecular weight excluding hydrogens is 258 g/mol. The van der Waals surface area contributed by atoms with E-state index in [2.05, 4.69) is 15.5 Å². The molecule has 0 atom stereocenters. The normalized spacial score (nSPS) is 10.4. The van der Waals surface area contributed by atoms with Gasteiger partial charge in [-0.05, 0) is 18.2 Å². The largest absolute Gasteiger partial charge is 0.478 e. The zero-order valence-corrected chi connectivity index (χ0v) is 10.4. The van der Waals surface area contributed by atoms with Gasteiger partial charge in [0, 0.05) is 11.8 Å². The number of benzene rings is 1. The summed E-state index contributed by atoms with van der Waals surface area (Å²) in [5.41, 5.74) is 3.04. The van der Waals surface area contributed by atoms with E-state index in [4.69, 9.17) is 5.11 Å². The van der Waals surface area contributed by atoms with E-state index >= 15 is 0 Å². The lowest BCUT2D eigenvalue weighted by atomic mass is 10.1. The van der Waals surface area contributed by atoms with Crippen molar-refractivity contribution < 1.29 is 14.7 Å².